The first-order valence-corrected chi connectivity index (χ1v) is 7.57. The molecule has 24 heavy (non-hydrogen) atoms. The number of hydrogen-bond acceptors (Lipinski definition) is 3. The molecule has 0 unspecified atom stereocenters. The highest BCUT2D eigenvalue weighted by Crippen LogP contribution is 2.23. The Balaban J connectivity index is 1.63. The second-order valence-electron chi connectivity index (χ2n) is 5.33. The lowest BCUT2D eigenvalue weighted by atomic mass is 10.2. The summed E-state index contributed by atoms with van der Waals surface area (Å²) in [7, 11) is 0. The van der Waals surface area contributed by atoms with Gasteiger partial charge >= 0.3 is 0 Å². The van der Waals surface area contributed by atoms with E-state index in [1.165, 1.54) is 0 Å². The number of H-pyrrole nitrogens is 1. The Bertz CT molecular complexity index is 1010. The number of hydrogen-bond donors (Lipinski definition) is 2. The van der Waals surface area contributed by atoms with Crippen molar-refractivity contribution in [2.45, 2.75) is 0 Å². The number of rotatable bonds is 3. The van der Waals surface area contributed by atoms with Gasteiger partial charge in [0.2, 0.25) is 0 Å². The number of pyridine rings is 2. The van der Waals surface area contributed by atoms with Gasteiger partial charge in [-0.3, -0.25) is 9.78 Å². The van der Waals surface area contributed by atoms with E-state index in [9.17, 15) is 4.79 Å². The van der Waals surface area contributed by atoms with Crippen LogP contribution in [-0.2, 0) is 0 Å². The number of carbonyl (C=O) groups is 1. The average molecular weight is 314 g/mol. The minimum atomic E-state index is -0.252. The molecular formula is C19H14N4O. The number of para-hydroxylation sites is 1. The third-order valence-corrected chi connectivity index (χ3v) is 3.75. The fourth-order valence-corrected chi connectivity index (χ4v) is 2.58. The first-order valence-electron chi connectivity index (χ1n) is 7.57. The molecule has 1 aromatic carbocycles. The van der Waals surface area contributed by atoms with Gasteiger partial charge in [0.1, 0.15) is 5.69 Å². The number of carbonyl (C=O) groups excluding carboxylic acids is 1. The summed E-state index contributed by atoms with van der Waals surface area (Å²) >= 11 is 0. The quantitative estimate of drug-likeness (QED) is 0.603. The minimum Gasteiger partial charge on any atom is -0.359 e. The van der Waals surface area contributed by atoms with Gasteiger partial charge in [-0.2, -0.15) is 0 Å². The van der Waals surface area contributed by atoms with E-state index in [1.54, 1.807) is 24.5 Å². The Morgan fingerprint density at radius 3 is 2.62 bits per heavy atom. The van der Waals surface area contributed by atoms with E-state index in [1.807, 2.05) is 48.5 Å². The van der Waals surface area contributed by atoms with Crippen LogP contribution in [0, 0.1) is 0 Å². The number of fused-ring (bicyclic) bond motifs is 1. The molecule has 2 N–H and O–H groups in total. The van der Waals surface area contributed by atoms with Crippen LogP contribution in [-0.4, -0.2) is 20.9 Å². The molecule has 0 saturated heterocycles. The molecule has 3 aromatic heterocycles. The van der Waals surface area contributed by atoms with E-state index in [0.717, 1.165) is 22.3 Å². The van der Waals surface area contributed by atoms with Gasteiger partial charge < -0.3 is 10.3 Å². The summed E-state index contributed by atoms with van der Waals surface area (Å²) in [6.07, 6.45) is 3.49. The summed E-state index contributed by atoms with van der Waals surface area (Å²) in [4.78, 5) is 24.4. The zero-order chi connectivity index (χ0) is 16.4. The minimum absolute atomic E-state index is 0.252. The zero-order valence-electron chi connectivity index (χ0n) is 12.7. The largest absolute Gasteiger partial charge is 0.359 e. The predicted octanol–water partition coefficient (Wildman–Crippen LogP) is 3.88. The standard InChI is InChI=1S/C19H14N4O/c24-19(23-18-12-21-14-7-2-1-6-13(14)18)17-10-5-9-16(22-17)15-8-3-4-11-20-15/h1-12,21H,(H,23,24). The van der Waals surface area contributed by atoms with Crippen LogP contribution in [0.25, 0.3) is 22.3 Å². The molecule has 0 aliphatic rings. The lowest BCUT2D eigenvalue weighted by molar-refractivity contribution is 0.102. The third kappa shape index (κ3) is 2.63. The van der Waals surface area contributed by atoms with Gasteiger partial charge in [-0.1, -0.05) is 30.3 Å². The molecule has 0 saturated carbocycles. The van der Waals surface area contributed by atoms with Crippen LogP contribution in [0.15, 0.2) is 73.1 Å². The van der Waals surface area contributed by atoms with Crippen molar-refractivity contribution in [3.05, 3.63) is 78.8 Å². The third-order valence-electron chi connectivity index (χ3n) is 3.75. The number of benzene rings is 1. The molecule has 116 valence electrons. The van der Waals surface area contributed by atoms with Crippen molar-refractivity contribution in [3.8, 4) is 11.4 Å². The molecule has 5 nitrogen and oxygen atoms in total. The van der Waals surface area contributed by atoms with Crippen LogP contribution >= 0.6 is 0 Å². The van der Waals surface area contributed by atoms with Crippen LogP contribution in [0.1, 0.15) is 10.5 Å². The molecule has 0 fully saturated rings. The number of aromatic amines is 1. The molecule has 3 heterocycles. The highest BCUT2D eigenvalue weighted by Gasteiger charge is 2.12. The molecule has 0 spiro atoms. The molecule has 5 heteroatoms. The van der Waals surface area contributed by atoms with E-state index < -0.39 is 0 Å². The van der Waals surface area contributed by atoms with Crippen molar-refractivity contribution >= 4 is 22.5 Å². The van der Waals surface area contributed by atoms with E-state index in [4.69, 9.17) is 0 Å². The molecule has 4 aromatic rings. The number of aromatic nitrogens is 3. The lowest BCUT2D eigenvalue weighted by Crippen LogP contribution is -2.13. The topological polar surface area (TPSA) is 70.7 Å². The number of nitrogens with zero attached hydrogens (tertiary/aromatic N) is 2. The highest BCUT2D eigenvalue weighted by atomic mass is 16.1. The fourth-order valence-electron chi connectivity index (χ4n) is 2.58. The highest BCUT2D eigenvalue weighted by molar-refractivity contribution is 6.08. The van der Waals surface area contributed by atoms with Crippen LogP contribution in [0.5, 0.6) is 0 Å². The van der Waals surface area contributed by atoms with Crippen molar-refractivity contribution in [1.29, 1.82) is 0 Å². The van der Waals surface area contributed by atoms with E-state index in [2.05, 4.69) is 20.3 Å². The number of amides is 1. The van der Waals surface area contributed by atoms with Crippen molar-refractivity contribution in [3.63, 3.8) is 0 Å². The Morgan fingerprint density at radius 1 is 0.917 bits per heavy atom. The molecule has 0 radical (unpaired) electrons. The first-order chi connectivity index (χ1) is 11.8. The van der Waals surface area contributed by atoms with E-state index >= 15 is 0 Å². The summed E-state index contributed by atoms with van der Waals surface area (Å²) in [6, 6.07) is 18.7. The smallest absolute Gasteiger partial charge is 0.274 e. The zero-order valence-corrected chi connectivity index (χ0v) is 12.7. The maximum absolute atomic E-state index is 12.5. The monoisotopic (exact) mass is 314 g/mol. The van der Waals surface area contributed by atoms with Crippen molar-refractivity contribution in [2.75, 3.05) is 5.32 Å². The van der Waals surface area contributed by atoms with Gasteiger partial charge in [-0.25, -0.2) is 4.98 Å². The summed E-state index contributed by atoms with van der Waals surface area (Å²) in [5, 5.41) is 3.87. The molecule has 0 bridgehead atoms. The molecule has 0 atom stereocenters. The Hall–Kier alpha value is -3.47. The van der Waals surface area contributed by atoms with Crippen LogP contribution < -0.4 is 5.32 Å². The van der Waals surface area contributed by atoms with Gasteiger partial charge in [0, 0.05) is 23.3 Å². The Morgan fingerprint density at radius 2 is 1.75 bits per heavy atom. The van der Waals surface area contributed by atoms with Gasteiger partial charge in [0.15, 0.2) is 0 Å². The van der Waals surface area contributed by atoms with Crippen molar-refractivity contribution < 1.29 is 4.79 Å². The summed E-state index contributed by atoms with van der Waals surface area (Å²) in [6.45, 7) is 0. The SMILES string of the molecule is O=C(Nc1c[nH]c2ccccc12)c1cccc(-c2ccccn2)n1. The maximum Gasteiger partial charge on any atom is 0.274 e. The molecule has 0 aliphatic heterocycles. The summed E-state index contributed by atoms with van der Waals surface area (Å²) in [5.74, 6) is -0.252. The lowest BCUT2D eigenvalue weighted by Gasteiger charge is -2.05. The molecule has 4 rings (SSSR count). The normalized spacial score (nSPS) is 10.7. The Labute approximate surface area is 138 Å². The number of anilines is 1. The first kappa shape index (κ1) is 14.1. The van der Waals surface area contributed by atoms with E-state index in [-0.39, 0.29) is 5.91 Å². The maximum atomic E-state index is 12.5. The van der Waals surface area contributed by atoms with Gasteiger partial charge in [0.25, 0.3) is 5.91 Å². The summed E-state index contributed by atoms with van der Waals surface area (Å²) < 4.78 is 0. The predicted molar refractivity (Wildman–Crippen MR) is 93.7 cm³/mol. The van der Waals surface area contributed by atoms with Gasteiger partial charge in [-0.15, -0.1) is 0 Å². The second-order valence-corrected chi connectivity index (χ2v) is 5.33. The number of nitrogens with one attached hydrogen (secondary N) is 2. The fraction of sp³-hybridized carbons (Fsp3) is 0. The van der Waals surface area contributed by atoms with Crippen molar-refractivity contribution in [1.82, 2.24) is 15.0 Å². The average Bonchev–Trinajstić information content (AvgIpc) is 3.06. The molecule has 1 amide bonds. The van der Waals surface area contributed by atoms with Gasteiger partial charge in [0.05, 0.1) is 17.1 Å². The van der Waals surface area contributed by atoms with Crippen LogP contribution in [0.2, 0.25) is 0 Å². The molecular weight excluding hydrogens is 300 g/mol. The molecule has 0 aliphatic carbocycles. The Kier molecular flexibility index (Phi) is 3.51. The van der Waals surface area contributed by atoms with E-state index in [0.29, 0.717) is 11.4 Å². The van der Waals surface area contributed by atoms with Crippen LogP contribution in [0.4, 0.5) is 5.69 Å². The van der Waals surface area contributed by atoms with Crippen LogP contribution in [0.3, 0.4) is 0 Å². The van der Waals surface area contributed by atoms with Gasteiger partial charge in [-0.05, 0) is 30.3 Å². The van der Waals surface area contributed by atoms with Crippen molar-refractivity contribution in [2.24, 2.45) is 0 Å². The summed E-state index contributed by atoms with van der Waals surface area (Å²) in [5.41, 5.74) is 3.47. The second kappa shape index (κ2) is 5.96.